The van der Waals surface area contributed by atoms with Gasteiger partial charge in [0.1, 0.15) is 6.10 Å². The van der Waals surface area contributed by atoms with Gasteiger partial charge in [0.25, 0.3) is 0 Å². The van der Waals surface area contributed by atoms with Gasteiger partial charge in [-0.1, -0.05) is 0 Å². The van der Waals surface area contributed by atoms with E-state index >= 15 is 0 Å². The smallest absolute Gasteiger partial charge is 0.444 e. The number of nitrogens with zero attached hydrogens (tertiary/aromatic N) is 1. The van der Waals surface area contributed by atoms with Crippen LogP contribution < -0.4 is 0 Å². The van der Waals surface area contributed by atoms with Crippen LogP contribution in [0, 0.1) is 0 Å². The molecule has 0 N–H and O–H groups in total. The van der Waals surface area contributed by atoms with Crippen molar-refractivity contribution in [3.05, 3.63) is 0 Å². The molecule has 0 aromatic heterocycles. The number of rotatable bonds is 0. The summed E-state index contributed by atoms with van der Waals surface area (Å²) in [5.74, 6) is 0. The van der Waals surface area contributed by atoms with Gasteiger partial charge in [-0.3, -0.25) is 0 Å². The number of carbonyl (C=O) groups excluding carboxylic acids is 1. The lowest BCUT2D eigenvalue weighted by molar-refractivity contribution is -0.219. The van der Waals surface area contributed by atoms with Crippen LogP contribution in [-0.4, -0.2) is 29.9 Å². The zero-order valence-electron chi connectivity index (χ0n) is 5.68. The van der Waals surface area contributed by atoms with Crippen molar-refractivity contribution in [2.75, 3.05) is 6.54 Å². The summed E-state index contributed by atoms with van der Waals surface area (Å²) in [6.07, 6.45) is -6.60. The number of amides is 1. The predicted molar refractivity (Wildman–Crippen MR) is 28.7 cm³/mol. The van der Waals surface area contributed by atoms with Crippen LogP contribution in [0.5, 0.6) is 0 Å². The van der Waals surface area contributed by atoms with E-state index in [0.29, 0.717) is 0 Å². The molecule has 1 heterocycles. The molecule has 1 rings (SSSR count). The third kappa shape index (κ3) is 1.55. The van der Waals surface area contributed by atoms with E-state index in [1.807, 2.05) is 0 Å². The second-order valence-corrected chi connectivity index (χ2v) is 2.27. The standard InChI is InChI=1S/C5H6F3NO2/c1-3-2-9(4(10)11-3)5(6,7)8/h3H,2H2,1H3. The highest BCUT2D eigenvalue weighted by Gasteiger charge is 2.47. The first-order valence-electron chi connectivity index (χ1n) is 2.96. The van der Waals surface area contributed by atoms with Crippen molar-refractivity contribution in [1.82, 2.24) is 4.90 Å². The molecule has 0 aromatic rings. The molecule has 0 spiro atoms. The molecule has 0 radical (unpaired) electrons. The van der Waals surface area contributed by atoms with Crippen LogP contribution in [0.15, 0.2) is 0 Å². The van der Waals surface area contributed by atoms with Crippen molar-refractivity contribution in [3.8, 4) is 0 Å². The van der Waals surface area contributed by atoms with Crippen LogP contribution in [0.1, 0.15) is 6.92 Å². The molecule has 3 nitrogen and oxygen atoms in total. The minimum atomic E-state index is -4.61. The van der Waals surface area contributed by atoms with Crippen LogP contribution in [-0.2, 0) is 4.74 Å². The Balaban J connectivity index is 2.68. The average molecular weight is 169 g/mol. The van der Waals surface area contributed by atoms with Crippen LogP contribution in [0.3, 0.4) is 0 Å². The van der Waals surface area contributed by atoms with E-state index in [0.717, 1.165) is 0 Å². The molecule has 6 heteroatoms. The van der Waals surface area contributed by atoms with Crippen LogP contribution in [0.25, 0.3) is 0 Å². The number of carbonyl (C=O) groups is 1. The molecule has 1 unspecified atom stereocenters. The van der Waals surface area contributed by atoms with Gasteiger partial charge in [-0.2, -0.15) is 0 Å². The van der Waals surface area contributed by atoms with Gasteiger partial charge < -0.3 is 4.74 Å². The fourth-order valence-electron chi connectivity index (χ4n) is 0.812. The van der Waals surface area contributed by atoms with Gasteiger partial charge in [-0.25, -0.2) is 9.69 Å². The molecular weight excluding hydrogens is 163 g/mol. The highest BCUT2D eigenvalue weighted by Crippen LogP contribution is 2.26. The molecule has 1 amide bonds. The van der Waals surface area contributed by atoms with Crippen molar-refractivity contribution in [2.24, 2.45) is 0 Å². The molecule has 0 saturated carbocycles. The Kier molecular flexibility index (Phi) is 1.69. The van der Waals surface area contributed by atoms with Gasteiger partial charge in [0.05, 0.1) is 6.54 Å². The van der Waals surface area contributed by atoms with E-state index in [1.54, 1.807) is 0 Å². The molecule has 0 aliphatic carbocycles. The Morgan fingerprint density at radius 3 is 2.36 bits per heavy atom. The maximum absolute atomic E-state index is 11.8. The van der Waals surface area contributed by atoms with E-state index < -0.39 is 25.0 Å². The van der Waals surface area contributed by atoms with Crippen LogP contribution in [0.4, 0.5) is 18.0 Å². The van der Waals surface area contributed by atoms with Gasteiger partial charge in [-0.15, -0.1) is 13.2 Å². The van der Waals surface area contributed by atoms with Gasteiger partial charge in [0, 0.05) is 0 Å². The lowest BCUT2D eigenvalue weighted by Gasteiger charge is -2.15. The predicted octanol–water partition coefficient (Wildman–Crippen LogP) is 1.35. The topological polar surface area (TPSA) is 29.5 Å². The summed E-state index contributed by atoms with van der Waals surface area (Å²) in [6, 6.07) is 0. The molecular formula is C5H6F3NO2. The second-order valence-electron chi connectivity index (χ2n) is 2.27. The minimum absolute atomic E-state index is 0.252. The second kappa shape index (κ2) is 2.28. The Bertz CT molecular complexity index is 179. The van der Waals surface area contributed by atoms with E-state index in [-0.39, 0.29) is 4.90 Å². The van der Waals surface area contributed by atoms with Crippen molar-refractivity contribution >= 4 is 6.09 Å². The van der Waals surface area contributed by atoms with Crippen LogP contribution >= 0.6 is 0 Å². The third-order valence-corrected chi connectivity index (χ3v) is 1.27. The fourth-order valence-corrected chi connectivity index (χ4v) is 0.812. The summed E-state index contributed by atoms with van der Waals surface area (Å²) in [6.45, 7) is 0.992. The molecule has 64 valence electrons. The summed E-state index contributed by atoms with van der Waals surface area (Å²) in [7, 11) is 0. The average Bonchev–Trinajstić information content (AvgIpc) is 2.08. The van der Waals surface area contributed by atoms with Crippen molar-refractivity contribution < 1.29 is 22.7 Å². The summed E-state index contributed by atoms with van der Waals surface area (Å²) >= 11 is 0. The maximum Gasteiger partial charge on any atom is 0.489 e. The Labute approximate surface area is 60.7 Å². The molecule has 1 fully saturated rings. The first kappa shape index (κ1) is 8.16. The summed E-state index contributed by atoms with van der Waals surface area (Å²) in [4.78, 5) is 10.2. The highest BCUT2D eigenvalue weighted by molar-refractivity contribution is 5.70. The number of halogens is 3. The largest absolute Gasteiger partial charge is 0.489 e. The van der Waals surface area contributed by atoms with Gasteiger partial charge >= 0.3 is 12.4 Å². The number of hydrogen-bond acceptors (Lipinski definition) is 2. The molecule has 1 atom stereocenters. The lowest BCUT2D eigenvalue weighted by Crippen LogP contribution is -2.38. The fraction of sp³-hybridized carbons (Fsp3) is 0.800. The van der Waals surface area contributed by atoms with Crippen molar-refractivity contribution in [1.29, 1.82) is 0 Å². The monoisotopic (exact) mass is 169 g/mol. The molecule has 1 aliphatic heterocycles. The van der Waals surface area contributed by atoms with Crippen molar-refractivity contribution in [2.45, 2.75) is 19.3 Å². The van der Waals surface area contributed by atoms with Crippen molar-refractivity contribution in [3.63, 3.8) is 0 Å². The molecule has 0 aromatic carbocycles. The third-order valence-electron chi connectivity index (χ3n) is 1.27. The van der Waals surface area contributed by atoms with Gasteiger partial charge in [-0.05, 0) is 6.92 Å². The van der Waals surface area contributed by atoms with E-state index in [9.17, 15) is 18.0 Å². The number of cyclic esters (lactones) is 1. The highest BCUT2D eigenvalue weighted by atomic mass is 19.4. The Hall–Kier alpha value is -0.940. The SMILES string of the molecule is CC1CN(C(F)(F)F)C(=O)O1. The van der Waals surface area contributed by atoms with E-state index in [1.165, 1.54) is 6.92 Å². The summed E-state index contributed by atoms with van der Waals surface area (Å²) in [5.41, 5.74) is 0. The molecule has 0 bridgehead atoms. The van der Waals surface area contributed by atoms with E-state index in [2.05, 4.69) is 4.74 Å². The maximum atomic E-state index is 11.8. The summed E-state index contributed by atoms with van der Waals surface area (Å²) < 4.78 is 39.7. The quantitative estimate of drug-likeness (QED) is 0.512. The Morgan fingerprint density at radius 2 is 2.18 bits per heavy atom. The van der Waals surface area contributed by atoms with Crippen LogP contribution in [0.2, 0.25) is 0 Å². The molecule has 11 heavy (non-hydrogen) atoms. The Morgan fingerprint density at radius 1 is 1.64 bits per heavy atom. The zero-order chi connectivity index (χ0) is 8.65. The molecule has 1 saturated heterocycles. The molecule has 1 aliphatic rings. The lowest BCUT2D eigenvalue weighted by atomic mass is 10.4. The number of ether oxygens (including phenoxy) is 1. The minimum Gasteiger partial charge on any atom is -0.444 e. The van der Waals surface area contributed by atoms with Gasteiger partial charge in [0.15, 0.2) is 0 Å². The first-order valence-corrected chi connectivity index (χ1v) is 2.96. The van der Waals surface area contributed by atoms with E-state index in [4.69, 9.17) is 0 Å². The summed E-state index contributed by atoms with van der Waals surface area (Å²) in [5, 5.41) is 0. The van der Waals surface area contributed by atoms with Gasteiger partial charge in [0.2, 0.25) is 0 Å². The first-order chi connectivity index (χ1) is 4.91. The zero-order valence-corrected chi connectivity index (χ0v) is 5.68. The number of hydrogen-bond donors (Lipinski definition) is 0. The normalized spacial score (nSPS) is 25.6. The number of alkyl halides is 3.